The van der Waals surface area contributed by atoms with Crippen molar-refractivity contribution in [3.8, 4) is 5.75 Å². The summed E-state index contributed by atoms with van der Waals surface area (Å²) in [4.78, 5) is 11.3. The van der Waals surface area contributed by atoms with Gasteiger partial charge in [-0.1, -0.05) is 6.08 Å². The highest BCUT2D eigenvalue weighted by Crippen LogP contribution is 2.40. The molecule has 9 heteroatoms. The van der Waals surface area contributed by atoms with Crippen LogP contribution in [0.15, 0.2) is 18.2 Å². The first kappa shape index (κ1) is 15.8. The molecular formula is C14H15FN2O5S. The van der Waals surface area contributed by atoms with E-state index in [2.05, 4.69) is 0 Å². The number of aliphatic hydroxyl groups is 1. The van der Waals surface area contributed by atoms with Crippen LogP contribution in [0.5, 0.6) is 5.75 Å². The minimum atomic E-state index is -4.22. The predicted octanol–water partition coefficient (Wildman–Crippen LogP) is 0.498. The van der Waals surface area contributed by atoms with Crippen molar-refractivity contribution in [1.29, 1.82) is 0 Å². The molecule has 1 aromatic rings. The summed E-state index contributed by atoms with van der Waals surface area (Å²) in [6.07, 6.45) is 2.84. The number of benzene rings is 1. The van der Waals surface area contributed by atoms with Crippen molar-refractivity contribution in [3.63, 3.8) is 0 Å². The number of nitrogens with zero attached hydrogens (tertiary/aromatic N) is 1. The van der Waals surface area contributed by atoms with Gasteiger partial charge in [-0.15, -0.1) is 0 Å². The van der Waals surface area contributed by atoms with E-state index in [0.29, 0.717) is 22.7 Å². The number of carbonyl (C=O) groups excluding carboxylic acids is 1. The van der Waals surface area contributed by atoms with Crippen LogP contribution < -0.4 is 9.03 Å². The summed E-state index contributed by atoms with van der Waals surface area (Å²) in [5.41, 5.74) is 0.246. The van der Waals surface area contributed by atoms with Crippen LogP contribution in [0.2, 0.25) is 0 Å². The number of rotatable bonds is 3. The fourth-order valence-corrected chi connectivity index (χ4v) is 3.99. The van der Waals surface area contributed by atoms with Crippen LogP contribution in [0.3, 0.4) is 0 Å². The average Bonchev–Trinajstić information content (AvgIpc) is 3.03. The molecule has 1 aliphatic heterocycles. The van der Waals surface area contributed by atoms with E-state index in [1.807, 2.05) is 0 Å². The molecule has 1 fully saturated rings. The Hall–Kier alpha value is -2.13. The summed E-state index contributed by atoms with van der Waals surface area (Å²) >= 11 is 0. The molecule has 1 heterocycles. The molecule has 1 unspecified atom stereocenters. The van der Waals surface area contributed by atoms with Crippen molar-refractivity contribution in [2.75, 3.05) is 17.5 Å². The first-order chi connectivity index (χ1) is 10.8. The average molecular weight is 342 g/mol. The quantitative estimate of drug-likeness (QED) is 0.741. The second-order valence-corrected chi connectivity index (χ2v) is 7.14. The molecule has 1 amide bonds. The lowest BCUT2D eigenvalue weighted by Crippen LogP contribution is -2.30. The molecule has 0 aromatic heterocycles. The van der Waals surface area contributed by atoms with E-state index in [-0.39, 0.29) is 18.1 Å². The number of anilines is 1. The molecule has 1 saturated heterocycles. The second-order valence-electron chi connectivity index (χ2n) is 5.55. The maximum atomic E-state index is 14.8. The molecule has 0 spiro atoms. The molecule has 2 aliphatic rings. The number of phenolic OH excluding ortho intramolecular Hbond substituents is 1. The van der Waals surface area contributed by atoms with Crippen LogP contribution in [0.25, 0.3) is 5.57 Å². The van der Waals surface area contributed by atoms with Gasteiger partial charge in [-0.25, -0.2) is 13.4 Å². The zero-order valence-electron chi connectivity index (χ0n) is 12.0. The molecule has 3 rings (SSSR count). The van der Waals surface area contributed by atoms with Gasteiger partial charge in [0.05, 0.1) is 0 Å². The van der Waals surface area contributed by atoms with Gasteiger partial charge < -0.3 is 10.2 Å². The number of allylic oxidation sites excluding steroid dienone is 2. The van der Waals surface area contributed by atoms with Gasteiger partial charge in [0.15, 0.2) is 5.82 Å². The number of amides is 1. The fraction of sp³-hybridized carbons (Fsp3) is 0.357. The van der Waals surface area contributed by atoms with E-state index in [4.69, 9.17) is 5.11 Å². The third kappa shape index (κ3) is 2.66. The Balaban J connectivity index is 2.06. The molecule has 23 heavy (non-hydrogen) atoms. The van der Waals surface area contributed by atoms with Crippen molar-refractivity contribution in [2.24, 2.45) is 5.92 Å². The first-order valence-corrected chi connectivity index (χ1v) is 8.42. The summed E-state index contributed by atoms with van der Waals surface area (Å²) in [5, 5.41) is 19.1. The van der Waals surface area contributed by atoms with Crippen molar-refractivity contribution in [1.82, 2.24) is 4.72 Å². The lowest BCUT2D eigenvalue weighted by atomic mass is 10.00. The minimum Gasteiger partial charge on any atom is -0.506 e. The minimum absolute atomic E-state index is 0.000386. The SMILES string of the molecule is O=C1CN(c2c(O)ccc(C3=CCC(CO)C3)c2F)S(=O)(=O)N1. The van der Waals surface area contributed by atoms with Gasteiger partial charge >= 0.3 is 10.2 Å². The molecule has 0 saturated carbocycles. The number of halogens is 1. The van der Waals surface area contributed by atoms with Gasteiger partial charge in [-0.05, 0) is 36.5 Å². The molecule has 1 atom stereocenters. The van der Waals surface area contributed by atoms with Crippen LogP contribution in [-0.2, 0) is 15.0 Å². The predicted molar refractivity (Wildman–Crippen MR) is 80.3 cm³/mol. The van der Waals surface area contributed by atoms with E-state index in [1.54, 1.807) is 10.8 Å². The lowest BCUT2D eigenvalue weighted by molar-refractivity contribution is -0.117. The topological polar surface area (TPSA) is 107 Å². The molecule has 124 valence electrons. The second kappa shape index (κ2) is 5.50. The third-order valence-electron chi connectivity index (χ3n) is 3.97. The Labute approximate surface area is 132 Å². The van der Waals surface area contributed by atoms with E-state index in [0.717, 1.165) is 0 Å². The Morgan fingerprint density at radius 3 is 2.70 bits per heavy atom. The lowest BCUT2D eigenvalue weighted by Gasteiger charge is -2.19. The van der Waals surface area contributed by atoms with E-state index >= 15 is 0 Å². The first-order valence-electron chi connectivity index (χ1n) is 6.98. The zero-order valence-corrected chi connectivity index (χ0v) is 12.8. The van der Waals surface area contributed by atoms with Gasteiger partial charge in [-0.3, -0.25) is 4.79 Å². The van der Waals surface area contributed by atoms with Crippen LogP contribution in [0.1, 0.15) is 18.4 Å². The van der Waals surface area contributed by atoms with E-state index < -0.39 is 39.9 Å². The van der Waals surface area contributed by atoms with Crippen LogP contribution in [0, 0.1) is 11.7 Å². The van der Waals surface area contributed by atoms with E-state index in [9.17, 15) is 22.7 Å². The van der Waals surface area contributed by atoms with E-state index in [1.165, 1.54) is 12.1 Å². The molecule has 7 nitrogen and oxygen atoms in total. The van der Waals surface area contributed by atoms with Gasteiger partial charge in [0.1, 0.15) is 18.0 Å². The van der Waals surface area contributed by atoms with Crippen molar-refractivity contribution in [3.05, 3.63) is 29.6 Å². The van der Waals surface area contributed by atoms with Crippen molar-refractivity contribution >= 4 is 27.4 Å². The van der Waals surface area contributed by atoms with Crippen molar-refractivity contribution < 1.29 is 27.8 Å². The van der Waals surface area contributed by atoms with Crippen LogP contribution in [0.4, 0.5) is 10.1 Å². The van der Waals surface area contributed by atoms with Crippen LogP contribution in [-0.4, -0.2) is 37.7 Å². The maximum absolute atomic E-state index is 14.8. The molecular weight excluding hydrogens is 327 g/mol. The highest BCUT2D eigenvalue weighted by Gasteiger charge is 2.38. The Bertz CT molecular complexity index is 806. The molecule has 1 aromatic carbocycles. The largest absolute Gasteiger partial charge is 0.506 e. The smallest absolute Gasteiger partial charge is 0.326 e. The maximum Gasteiger partial charge on any atom is 0.326 e. The number of phenols is 1. The standard InChI is InChI=1S/C14H15FN2O5S/c15-13-10(9-2-1-8(5-9)7-18)3-4-11(19)14(13)17-6-12(20)16-23(17,21)22/h2-4,8,18-19H,1,5-7H2,(H,16,20). The van der Waals surface area contributed by atoms with Gasteiger partial charge in [0, 0.05) is 12.2 Å². The summed E-state index contributed by atoms with van der Waals surface area (Å²) < 4.78 is 40.8. The number of hydrogen-bond donors (Lipinski definition) is 3. The number of carbonyl (C=O) groups is 1. The summed E-state index contributed by atoms with van der Waals surface area (Å²) in [7, 11) is -4.22. The monoisotopic (exact) mass is 342 g/mol. The molecule has 0 bridgehead atoms. The Morgan fingerprint density at radius 1 is 1.39 bits per heavy atom. The highest BCUT2D eigenvalue weighted by atomic mass is 32.2. The summed E-state index contributed by atoms with van der Waals surface area (Å²) in [6, 6.07) is 2.55. The van der Waals surface area contributed by atoms with Crippen molar-refractivity contribution in [2.45, 2.75) is 12.8 Å². The summed E-state index contributed by atoms with van der Waals surface area (Å²) in [6.45, 7) is -0.611. The fourth-order valence-electron chi connectivity index (χ4n) is 2.83. The molecule has 0 radical (unpaired) electrons. The van der Waals surface area contributed by atoms with Crippen LogP contribution >= 0.6 is 0 Å². The molecule has 3 N–H and O–H groups in total. The van der Waals surface area contributed by atoms with Gasteiger partial charge in [0.25, 0.3) is 5.91 Å². The normalized spacial score (nSPS) is 23.0. The summed E-state index contributed by atoms with van der Waals surface area (Å²) in [5.74, 6) is -2.27. The Morgan fingerprint density at radius 2 is 2.13 bits per heavy atom. The zero-order chi connectivity index (χ0) is 16.8. The van der Waals surface area contributed by atoms with Gasteiger partial charge in [0.2, 0.25) is 0 Å². The number of hydrogen-bond acceptors (Lipinski definition) is 5. The number of nitrogens with one attached hydrogen (secondary N) is 1. The third-order valence-corrected chi connectivity index (χ3v) is 5.35. The Kier molecular flexibility index (Phi) is 3.77. The molecule has 1 aliphatic carbocycles. The number of aromatic hydroxyl groups is 1. The van der Waals surface area contributed by atoms with Gasteiger partial charge in [-0.2, -0.15) is 8.42 Å². The highest BCUT2D eigenvalue weighted by molar-refractivity contribution is 7.92. The number of aliphatic hydroxyl groups excluding tert-OH is 1.